The van der Waals surface area contributed by atoms with Gasteiger partial charge in [0.15, 0.2) is 6.61 Å². The van der Waals surface area contributed by atoms with Gasteiger partial charge in [0, 0.05) is 38.9 Å². The molecule has 3 rings (SSSR count). The number of ketones is 1. The minimum absolute atomic E-state index is 0.00339. The molecule has 0 N–H and O–H groups in total. The number of piperidine rings is 1. The number of para-hydroxylation sites is 2. The van der Waals surface area contributed by atoms with Crippen LogP contribution < -0.4 is 9.64 Å². The molecule has 0 radical (unpaired) electrons. The topological polar surface area (TPSA) is 66.9 Å². The highest BCUT2D eigenvalue weighted by molar-refractivity contribution is 5.98. The Bertz CT molecular complexity index is 604. The smallest absolute Gasteiger partial charge is 0.265 e. The average Bonchev–Trinajstić information content (AvgIpc) is 2.54. The van der Waals surface area contributed by atoms with Crippen LogP contribution in [0.1, 0.15) is 19.3 Å². The zero-order valence-electron chi connectivity index (χ0n) is 12.3. The molecule has 22 heavy (non-hydrogen) atoms. The van der Waals surface area contributed by atoms with E-state index in [4.69, 9.17) is 4.74 Å². The Kier molecular flexibility index (Phi) is 4.09. The minimum atomic E-state index is -0.139. The van der Waals surface area contributed by atoms with Gasteiger partial charge in [-0.1, -0.05) is 12.1 Å². The first-order valence-electron chi connectivity index (χ1n) is 7.47. The maximum absolute atomic E-state index is 12.2. The second kappa shape index (κ2) is 6.17. The van der Waals surface area contributed by atoms with E-state index >= 15 is 0 Å². The van der Waals surface area contributed by atoms with Crippen molar-refractivity contribution in [1.29, 1.82) is 0 Å². The Morgan fingerprint density at radius 1 is 1.14 bits per heavy atom. The molecule has 0 bridgehead atoms. The Balaban J connectivity index is 1.62. The number of carbonyl (C=O) groups excluding carboxylic acids is 3. The zero-order chi connectivity index (χ0) is 15.5. The lowest BCUT2D eigenvalue weighted by atomic mass is 10.1. The molecule has 1 aromatic carbocycles. The first-order chi connectivity index (χ1) is 10.6. The van der Waals surface area contributed by atoms with E-state index in [0.29, 0.717) is 43.9 Å². The van der Waals surface area contributed by atoms with Crippen molar-refractivity contribution in [3.63, 3.8) is 0 Å². The second-order valence-corrected chi connectivity index (χ2v) is 5.47. The number of nitrogens with zero attached hydrogens (tertiary/aromatic N) is 2. The molecule has 0 aliphatic carbocycles. The second-order valence-electron chi connectivity index (χ2n) is 5.47. The minimum Gasteiger partial charge on any atom is -0.482 e. The van der Waals surface area contributed by atoms with Gasteiger partial charge in [0.05, 0.1) is 5.69 Å². The molecule has 0 aromatic heterocycles. The van der Waals surface area contributed by atoms with E-state index in [-0.39, 0.29) is 30.6 Å². The van der Waals surface area contributed by atoms with Crippen molar-refractivity contribution >= 4 is 23.3 Å². The van der Waals surface area contributed by atoms with E-state index in [1.807, 2.05) is 24.3 Å². The third kappa shape index (κ3) is 2.95. The van der Waals surface area contributed by atoms with Gasteiger partial charge in [-0.3, -0.25) is 14.4 Å². The molecule has 0 atom stereocenters. The number of carbonyl (C=O) groups is 3. The number of benzene rings is 1. The van der Waals surface area contributed by atoms with Crippen LogP contribution in [0.15, 0.2) is 24.3 Å². The van der Waals surface area contributed by atoms with Gasteiger partial charge in [-0.05, 0) is 12.1 Å². The number of hydrogen-bond acceptors (Lipinski definition) is 4. The van der Waals surface area contributed by atoms with Gasteiger partial charge in [-0.25, -0.2) is 0 Å². The maximum Gasteiger partial charge on any atom is 0.265 e. The third-order valence-electron chi connectivity index (χ3n) is 4.03. The Morgan fingerprint density at radius 2 is 1.86 bits per heavy atom. The third-order valence-corrected chi connectivity index (χ3v) is 4.03. The van der Waals surface area contributed by atoms with Crippen LogP contribution in [0.2, 0.25) is 0 Å². The van der Waals surface area contributed by atoms with Crippen LogP contribution in [0.3, 0.4) is 0 Å². The molecule has 116 valence electrons. The van der Waals surface area contributed by atoms with Crippen LogP contribution in [0.4, 0.5) is 5.69 Å². The van der Waals surface area contributed by atoms with Gasteiger partial charge >= 0.3 is 0 Å². The molecular weight excluding hydrogens is 284 g/mol. The number of fused-ring (bicyclic) bond motifs is 1. The fourth-order valence-electron chi connectivity index (χ4n) is 2.77. The highest BCUT2D eigenvalue weighted by Gasteiger charge is 2.27. The summed E-state index contributed by atoms with van der Waals surface area (Å²) in [5.41, 5.74) is 0.709. The predicted octanol–water partition coefficient (Wildman–Crippen LogP) is 0.994. The first-order valence-corrected chi connectivity index (χ1v) is 7.47. The molecule has 2 aliphatic heterocycles. The maximum atomic E-state index is 12.2. The number of hydrogen-bond donors (Lipinski definition) is 0. The van der Waals surface area contributed by atoms with Gasteiger partial charge in [0.2, 0.25) is 5.91 Å². The van der Waals surface area contributed by atoms with E-state index in [0.717, 1.165) is 0 Å². The number of amides is 2. The molecule has 0 saturated carbocycles. The fraction of sp³-hybridized carbons (Fsp3) is 0.438. The molecule has 0 spiro atoms. The molecule has 2 amide bonds. The van der Waals surface area contributed by atoms with Crippen LogP contribution in [-0.2, 0) is 14.4 Å². The molecular formula is C16H18N2O4. The largest absolute Gasteiger partial charge is 0.482 e. The fourth-order valence-corrected chi connectivity index (χ4v) is 2.77. The quantitative estimate of drug-likeness (QED) is 0.835. The molecule has 6 heteroatoms. The lowest BCUT2D eigenvalue weighted by Gasteiger charge is -2.31. The van der Waals surface area contributed by atoms with E-state index < -0.39 is 0 Å². The summed E-state index contributed by atoms with van der Waals surface area (Å²) in [6, 6.07) is 7.32. The molecule has 6 nitrogen and oxygen atoms in total. The summed E-state index contributed by atoms with van der Waals surface area (Å²) >= 11 is 0. The van der Waals surface area contributed by atoms with Crippen LogP contribution >= 0.6 is 0 Å². The van der Waals surface area contributed by atoms with Gasteiger partial charge in [0.1, 0.15) is 11.5 Å². The predicted molar refractivity (Wildman–Crippen MR) is 79.7 cm³/mol. The van der Waals surface area contributed by atoms with Crippen LogP contribution in [0.5, 0.6) is 5.75 Å². The van der Waals surface area contributed by atoms with Crippen molar-refractivity contribution in [2.75, 3.05) is 31.1 Å². The van der Waals surface area contributed by atoms with E-state index in [9.17, 15) is 14.4 Å². The molecule has 1 aromatic rings. The summed E-state index contributed by atoms with van der Waals surface area (Å²) in [6.45, 7) is 1.32. The van der Waals surface area contributed by atoms with Crippen molar-refractivity contribution in [3.05, 3.63) is 24.3 Å². The highest BCUT2D eigenvalue weighted by Crippen LogP contribution is 2.31. The zero-order valence-corrected chi connectivity index (χ0v) is 12.3. The van der Waals surface area contributed by atoms with Crippen molar-refractivity contribution in [2.24, 2.45) is 0 Å². The summed E-state index contributed by atoms with van der Waals surface area (Å²) in [5, 5.41) is 0. The standard InChI is InChI=1S/C16H18N2O4/c19-12-5-8-17(9-6-12)15(20)7-10-18-13-3-1-2-4-14(13)22-11-16(18)21/h1-4H,5-11H2. The van der Waals surface area contributed by atoms with Crippen molar-refractivity contribution in [3.8, 4) is 5.75 Å². The van der Waals surface area contributed by atoms with Crippen molar-refractivity contribution < 1.29 is 19.1 Å². The van der Waals surface area contributed by atoms with Crippen molar-refractivity contribution in [1.82, 2.24) is 4.90 Å². The van der Waals surface area contributed by atoms with Gasteiger partial charge in [0.25, 0.3) is 5.91 Å². The Hall–Kier alpha value is -2.37. The number of anilines is 1. The number of rotatable bonds is 3. The summed E-state index contributed by atoms with van der Waals surface area (Å²) in [6.07, 6.45) is 1.13. The molecule has 0 unspecified atom stereocenters. The number of Topliss-reactive ketones (excluding diaryl/α,β-unsaturated/α-hetero) is 1. The molecule has 2 aliphatic rings. The Labute approximate surface area is 128 Å². The van der Waals surface area contributed by atoms with E-state index in [1.165, 1.54) is 0 Å². The molecule has 1 fully saturated rings. The van der Waals surface area contributed by atoms with Crippen LogP contribution in [0, 0.1) is 0 Å². The molecule has 2 heterocycles. The van der Waals surface area contributed by atoms with Gasteiger partial charge < -0.3 is 14.5 Å². The van der Waals surface area contributed by atoms with E-state index in [1.54, 1.807) is 9.80 Å². The Morgan fingerprint density at radius 3 is 2.64 bits per heavy atom. The lowest BCUT2D eigenvalue weighted by Crippen LogP contribution is -2.43. The van der Waals surface area contributed by atoms with Gasteiger partial charge in [-0.2, -0.15) is 0 Å². The van der Waals surface area contributed by atoms with Crippen LogP contribution in [0.25, 0.3) is 0 Å². The summed E-state index contributed by atoms with van der Waals surface area (Å²) in [4.78, 5) is 38.8. The number of likely N-dealkylation sites (tertiary alicyclic amines) is 1. The van der Waals surface area contributed by atoms with Crippen LogP contribution in [-0.4, -0.2) is 48.7 Å². The first kappa shape index (κ1) is 14.6. The van der Waals surface area contributed by atoms with Gasteiger partial charge in [-0.15, -0.1) is 0 Å². The monoisotopic (exact) mass is 302 g/mol. The highest BCUT2D eigenvalue weighted by atomic mass is 16.5. The summed E-state index contributed by atoms with van der Waals surface area (Å²) in [5.74, 6) is 0.726. The SMILES string of the molecule is O=C1CCN(C(=O)CCN2C(=O)COc3ccccc32)CC1. The van der Waals surface area contributed by atoms with Crippen molar-refractivity contribution in [2.45, 2.75) is 19.3 Å². The summed E-state index contributed by atoms with van der Waals surface area (Å²) in [7, 11) is 0. The normalized spacial score (nSPS) is 18.0. The summed E-state index contributed by atoms with van der Waals surface area (Å²) < 4.78 is 5.38. The number of ether oxygens (including phenoxy) is 1. The average molecular weight is 302 g/mol. The van der Waals surface area contributed by atoms with E-state index in [2.05, 4.69) is 0 Å². The molecule has 1 saturated heterocycles. The lowest BCUT2D eigenvalue weighted by molar-refractivity contribution is -0.134.